The molecule has 0 saturated heterocycles. The number of nitrogens with zero attached hydrogens (tertiary/aromatic N) is 2. The normalized spacial score (nSPS) is 11.6. The molecule has 8 nitrogen and oxygen atoms in total. The molecule has 0 saturated carbocycles. The lowest BCUT2D eigenvalue weighted by atomic mass is 10.1. The number of carboxylic acids is 1. The minimum Gasteiger partial charge on any atom is -0.480 e. The fourth-order valence-corrected chi connectivity index (χ4v) is 1.64. The molecule has 0 aliphatic heterocycles. The molecule has 1 aromatic rings. The zero-order chi connectivity index (χ0) is 16.0. The van der Waals surface area contributed by atoms with E-state index in [1.54, 1.807) is 13.8 Å². The number of amides is 1. The maximum Gasteiger partial charge on any atom is 0.326 e. The number of aliphatic carboxylic acids is 1. The maximum atomic E-state index is 12.1. The third-order valence-electron chi connectivity index (χ3n) is 2.81. The first-order valence-corrected chi connectivity index (χ1v) is 6.26. The van der Waals surface area contributed by atoms with E-state index in [0.29, 0.717) is 11.4 Å². The van der Waals surface area contributed by atoms with Crippen LogP contribution in [0.1, 0.15) is 34.6 Å². The highest BCUT2D eigenvalue weighted by atomic mass is 16.5. The van der Waals surface area contributed by atoms with Gasteiger partial charge in [-0.1, -0.05) is 0 Å². The summed E-state index contributed by atoms with van der Waals surface area (Å²) < 4.78 is 4.44. The molecule has 0 fully saturated rings. The lowest BCUT2D eigenvalue weighted by Gasteiger charge is -2.14. The molecule has 114 valence electrons. The number of carboxylic acid groups (broad SMARTS) is 1. The fraction of sp³-hybridized carbons (Fsp3) is 0.462. The SMILES string of the molecule is COC(=O)CC[C@@H](NC(=O)c1cc(C)nnc1C)C(=O)O. The van der Waals surface area contributed by atoms with Gasteiger partial charge in [-0.2, -0.15) is 10.2 Å². The van der Waals surface area contributed by atoms with Gasteiger partial charge in [0.25, 0.3) is 5.91 Å². The van der Waals surface area contributed by atoms with Gasteiger partial charge in [0.15, 0.2) is 0 Å². The highest BCUT2D eigenvalue weighted by Crippen LogP contribution is 2.07. The van der Waals surface area contributed by atoms with Crippen LogP contribution in [0, 0.1) is 13.8 Å². The van der Waals surface area contributed by atoms with Crippen LogP contribution in [-0.4, -0.2) is 46.3 Å². The van der Waals surface area contributed by atoms with Crippen molar-refractivity contribution in [2.24, 2.45) is 0 Å². The summed E-state index contributed by atoms with van der Waals surface area (Å²) in [6, 6.07) is 0.348. The molecule has 1 rings (SSSR count). The number of rotatable bonds is 6. The highest BCUT2D eigenvalue weighted by molar-refractivity contribution is 5.97. The molecule has 1 aromatic heterocycles. The van der Waals surface area contributed by atoms with E-state index in [9.17, 15) is 14.4 Å². The number of methoxy groups -OCH3 is 1. The third kappa shape index (κ3) is 4.83. The van der Waals surface area contributed by atoms with Gasteiger partial charge in [0.2, 0.25) is 0 Å². The number of hydrogen-bond acceptors (Lipinski definition) is 6. The molecule has 0 radical (unpaired) electrons. The number of carbonyl (C=O) groups is 3. The van der Waals surface area contributed by atoms with Crippen LogP contribution < -0.4 is 5.32 Å². The summed E-state index contributed by atoms with van der Waals surface area (Å²) in [5.41, 5.74) is 1.20. The molecule has 8 heteroatoms. The van der Waals surface area contributed by atoms with Crippen LogP contribution in [-0.2, 0) is 14.3 Å². The largest absolute Gasteiger partial charge is 0.480 e. The Morgan fingerprint density at radius 2 is 2.00 bits per heavy atom. The van der Waals surface area contributed by atoms with Crippen molar-refractivity contribution < 1.29 is 24.2 Å². The monoisotopic (exact) mass is 295 g/mol. The quantitative estimate of drug-likeness (QED) is 0.721. The lowest BCUT2D eigenvalue weighted by molar-refractivity contribution is -0.142. The smallest absolute Gasteiger partial charge is 0.326 e. The van der Waals surface area contributed by atoms with E-state index in [0.717, 1.165) is 0 Å². The van der Waals surface area contributed by atoms with E-state index in [1.807, 2.05) is 0 Å². The van der Waals surface area contributed by atoms with E-state index < -0.39 is 23.9 Å². The van der Waals surface area contributed by atoms with Crippen molar-refractivity contribution in [2.75, 3.05) is 7.11 Å². The Kier molecular flexibility index (Phi) is 5.77. The van der Waals surface area contributed by atoms with Crippen molar-refractivity contribution >= 4 is 17.8 Å². The van der Waals surface area contributed by atoms with Gasteiger partial charge in [-0.25, -0.2) is 4.79 Å². The average Bonchev–Trinajstić information content (AvgIpc) is 2.44. The third-order valence-corrected chi connectivity index (χ3v) is 2.81. The van der Waals surface area contributed by atoms with Crippen molar-refractivity contribution in [2.45, 2.75) is 32.7 Å². The van der Waals surface area contributed by atoms with Gasteiger partial charge in [-0.3, -0.25) is 9.59 Å². The lowest BCUT2D eigenvalue weighted by Crippen LogP contribution is -2.41. The van der Waals surface area contributed by atoms with Gasteiger partial charge in [-0.05, 0) is 26.3 Å². The van der Waals surface area contributed by atoms with Gasteiger partial charge in [0.05, 0.1) is 24.1 Å². The van der Waals surface area contributed by atoms with Gasteiger partial charge < -0.3 is 15.2 Å². The average molecular weight is 295 g/mol. The summed E-state index contributed by atoms with van der Waals surface area (Å²) in [5, 5.41) is 19.1. The number of aromatic nitrogens is 2. The number of aryl methyl sites for hydroxylation is 2. The summed E-state index contributed by atoms with van der Waals surface area (Å²) >= 11 is 0. The Bertz CT molecular complexity index is 559. The first kappa shape index (κ1) is 16.5. The number of esters is 1. The van der Waals surface area contributed by atoms with E-state index in [1.165, 1.54) is 13.2 Å². The predicted octanol–water partition coefficient (Wildman–Crippen LogP) is 0.230. The maximum absolute atomic E-state index is 12.1. The molecule has 0 aromatic carbocycles. The summed E-state index contributed by atoms with van der Waals surface area (Å²) in [7, 11) is 1.21. The number of carbonyl (C=O) groups excluding carboxylic acids is 2. The molecule has 0 bridgehead atoms. The second-order valence-electron chi connectivity index (χ2n) is 4.46. The second kappa shape index (κ2) is 7.32. The van der Waals surface area contributed by atoms with Crippen molar-refractivity contribution in [1.82, 2.24) is 15.5 Å². The summed E-state index contributed by atoms with van der Waals surface area (Å²) in [6.07, 6.45) is -0.148. The Balaban J connectivity index is 2.79. The van der Waals surface area contributed by atoms with Gasteiger partial charge in [-0.15, -0.1) is 0 Å². The van der Waals surface area contributed by atoms with Crippen LogP contribution in [0.2, 0.25) is 0 Å². The van der Waals surface area contributed by atoms with Crippen molar-refractivity contribution in [3.8, 4) is 0 Å². The Morgan fingerprint density at radius 1 is 1.33 bits per heavy atom. The number of ether oxygens (including phenoxy) is 1. The molecule has 0 aliphatic rings. The summed E-state index contributed by atoms with van der Waals surface area (Å²) in [6.45, 7) is 3.28. The highest BCUT2D eigenvalue weighted by Gasteiger charge is 2.23. The number of nitrogens with one attached hydrogen (secondary N) is 1. The summed E-state index contributed by atoms with van der Waals surface area (Å²) in [5.74, 6) is -2.32. The molecule has 0 spiro atoms. The van der Waals surface area contributed by atoms with E-state index >= 15 is 0 Å². The van der Waals surface area contributed by atoms with Gasteiger partial charge in [0, 0.05) is 6.42 Å². The fourth-order valence-electron chi connectivity index (χ4n) is 1.64. The zero-order valence-corrected chi connectivity index (χ0v) is 12.0. The molecular weight excluding hydrogens is 278 g/mol. The summed E-state index contributed by atoms with van der Waals surface area (Å²) in [4.78, 5) is 34.3. The number of hydrogen-bond donors (Lipinski definition) is 2. The van der Waals surface area contributed by atoms with Crippen LogP contribution in [0.5, 0.6) is 0 Å². The topological polar surface area (TPSA) is 118 Å². The first-order valence-electron chi connectivity index (χ1n) is 6.26. The Labute approximate surface area is 121 Å². The van der Waals surface area contributed by atoms with Crippen LogP contribution in [0.15, 0.2) is 6.07 Å². The Morgan fingerprint density at radius 3 is 2.57 bits per heavy atom. The minimum absolute atomic E-state index is 0.0513. The molecule has 0 aliphatic carbocycles. The predicted molar refractivity (Wildman–Crippen MR) is 71.6 cm³/mol. The van der Waals surface area contributed by atoms with E-state index in [-0.39, 0.29) is 18.4 Å². The Hall–Kier alpha value is -2.51. The molecule has 1 atom stereocenters. The molecule has 1 heterocycles. The molecule has 0 unspecified atom stereocenters. The first-order chi connectivity index (χ1) is 9.85. The zero-order valence-electron chi connectivity index (χ0n) is 12.0. The van der Waals surface area contributed by atoms with Gasteiger partial charge in [0.1, 0.15) is 6.04 Å². The molecule has 1 amide bonds. The van der Waals surface area contributed by atoms with Crippen LogP contribution in [0.4, 0.5) is 0 Å². The van der Waals surface area contributed by atoms with Gasteiger partial charge >= 0.3 is 11.9 Å². The minimum atomic E-state index is -1.22. The van der Waals surface area contributed by atoms with Crippen LogP contribution in [0.3, 0.4) is 0 Å². The van der Waals surface area contributed by atoms with Crippen molar-refractivity contribution in [3.05, 3.63) is 23.0 Å². The standard InChI is InChI=1S/C13H17N3O5/c1-7-6-9(8(2)16-15-7)12(18)14-10(13(19)20)4-5-11(17)21-3/h6,10H,4-5H2,1-3H3,(H,14,18)(H,19,20)/t10-/m1/s1. The molecular formula is C13H17N3O5. The van der Waals surface area contributed by atoms with E-state index in [2.05, 4.69) is 20.3 Å². The van der Waals surface area contributed by atoms with Crippen molar-refractivity contribution in [3.63, 3.8) is 0 Å². The van der Waals surface area contributed by atoms with Crippen LogP contribution >= 0.6 is 0 Å². The van der Waals surface area contributed by atoms with E-state index in [4.69, 9.17) is 5.11 Å². The second-order valence-corrected chi connectivity index (χ2v) is 4.46. The van der Waals surface area contributed by atoms with Crippen LogP contribution in [0.25, 0.3) is 0 Å². The molecule has 21 heavy (non-hydrogen) atoms. The van der Waals surface area contributed by atoms with Crippen molar-refractivity contribution in [1.29, 1.82) is 0 Å². The molecule has 2 N–H and O–H groups in total.